The molecule has 10 heteroatoms. The van der Waals surface area contributed by atoms with Gasteiger partial charge in [-0.05, 0) is 83.9 Å². The molecule has 0 bridgehead atoms. The van der Waals surface area contributed by atoms with Gasteiger partial charge in [0.25, 0.3) is 11.1 Å². The Hall–Kier alpha value is -5.51. The Kier molecular flexibility index (Phi) is 8.87. The van der Waals surface area contributed by atoms with Crippen LogP contribution < -0.4 is 21.8 Å². The van der Waals surface area contributed by atoms with Gasteiger partial charge in [0.05, 0.1) is 0 Å². The predicted molar refractivity (Wildman–Crippen MR) is 200 cm³/mol. The summed E-state index contributed by atoms with van der Waals surface area (Å²) in [4.78, 5) is 38.5. The van der Waals surface area contributed by atoms with Crippen LogP contribution in [0.3, 0.4) is 0 Å². The second-order valence-electron chi connectivity index (χ2n) is 11.1. The Morgan fingerprint density at radius 3 is 1.60 bits per heavy atom. The van der Waals surface area contributed by atoms with Crippen LogP contribution in [0.15, 0.2) is 136 Å². The minimum Gasteiger partial charge on any atom is -0.381 e. The van der Waals surface area contributed by atoms with Crippen molar-refractivity contribution in [3.05, 3.63) is 163 Å². The van der Waals surface area contributed by atoms with Crippen molar-refractivity contribution in [3.63, 3.8) is 0 Å². The standard InChI is InChI=1S/C19H14BrN3O.C19H14ClN3O/c2*20-17-6-2-1-4-12(17)11-22-13-7-8-15-16(10-13)14-5-3-9-21-18(14)23-19(15)24/h2*1-10,22H,11H2,(H,21,23,24). The maximum Gasteiger partial charge on any atom is 0.257 e. The number of benzene rings is 4. The lowest BCUT2D eigenvalue weighted by Gasteiger charge is -2.10. The fourth-order valence-electron chi connectivity index (χ4n) is 5.62. The lowest BCUT2D eigenvalue weighted by atomic mass is 10.1. The molecule has 0 fully saturated rings. The van der Waals surface area contributed by atoms with Crippen LogP contribution in [0, 0.1) is 0 Å². The van der Waals surface area contributed by atoms with Gasteiger partial charge in [0.1, 0.15) is 11.3 Å². The third kappa shape index (κ3) is 6.51. The largest absolute Gasteiger partial charge is 0.381 e. The minimum absolute atomic E-state index is 0.117. The fraction of sp³-hybridized carbons (Fsp3) is 0.0526. The number of anilines is 2. The average molecular weight is 716 g/mol. The Morgan fingerprint density at radius 2 is 1.06 bits per heavy atom. The first-order valence-corrected chi connectivity index (χ1v) is 16.4. The fourth-order valence-corrected chi connectivity index (χ4v) is 6.25. The van der Waals surface area contributed by atoms with E-state index in [1.807, 2.05) is 103 Å². The highest BCUT2D eigenvalue weighted by molar-refractivity contribution is 9.10. The molecule has 0 aliphatic rings. The van der Waals surface area contributed by atoms with Crippen LogP contribution in [-0.2, 0) is 13.1 Å². The molecule has 4 aromatic carbocycles. The van der Waals surface area contributed by atoms with Crippen molar-refractivity contribution in [3.8, 4) is 0 Å². The number of fused-ring (bicyclic) bond motifs is 6. The molecule has 0 atom stereocenters. The number of hydrogen-bond donors (Lipinski definition) is 4. The summed E-state index contributed by atoms with van der Waals surface area (Å²) in [7, 11) is 0. The van der Waals surface area contributed by atoms with E-state index in [1.165, 1.54) is 5.56 Å². The molecule has 4 heterocycles. The lowest BCUT2D eigenvalue weighted by Crippen LogP contribution is -2.07. The van der Waals surface area contributed by atoms with Crippen LogP contribution in [0.4, 0.5) is 11.4 Å². The summed E-state index contributed by atoms with van der Waals surface area (Å²) >= 11 is 9.75. The van der Waals surface area contributed by atoms with Crippen LogP contribution in [0.5, 0.6) is 0 Å². The number of rotatable bonds is 6. The summed E-state index contributed by atoms with van der Waals surface area (Å²) in [5.41, 5.74) is 5.05. The number of nitrogens with zero attached hydrogens (tertiary/aromatic N) is 2. The van der Waals surface area contributed by atoms with Crippen LogP contribution in [0.1, 0.15) is 11.1 Å². The Labute approximate surface area is 288 Å². The van der Waals surface area contributed by atoms with Gasteiger partial charge in [-0.1, -0.05) is 63.9 Å². The molecule has 236 valence electrons. The maximum atomic E-state index is 12.2. The van der Waals surface area contributed by atoms with Crippen molar-refractivity contribution in [2.24, 2.45) is 0 Å². The van der Waals surface area contributed by atoms with E-state index in [0.717, 1.165) is 48.0 Å². The topological polar surface area (TPSA) is 116 Å². The molecular formula is C38H28BrClN6O2. The number of aromatic nitrogens is 4. The van der Waals surface area contributed by atoms with Crippen molar-refractivity contribution < 1.29 is 0 Å². The summed E-state index contributed by atoms with van der Waals surface area (Å²) in [6, 6.07) is 35.0. The van der Waals surface area contributed by atoms with E-state index in [2.05, 4.69) is 52.6 Å². The molecule has 0 radical (unpaired) electrons. The highest BCUT2D eigenvalue weighted by atomic mass is 79.9. The molecule has 8 nitrogen and oxygen atoms in total. The molecule has 0 saturated heterocycles. The zero-order valence-corrected chi connectivity index (χ0v) is 27.8. The average Bonchev–Trinajstić information content (AvgIpc) is 3.11. The van der Waals surface area contributed by atoms with Gasteiger partial charge in [-0.3, -0.25) is 9.59 Å². The monoisotopic (exact) mass is 714 g/mol. The Morgan fingerprint density at radius 1 is 0.562 bits per heavy atom. The van der Waals surface area contributed by atoms with Gasteiger partial charge in [0, 0.05) is 78.7 Å². The quantitative estimate of drug-likeness (QED) is 0.128. The summed E-state index contributed by atoms with van der Waals surface area (Å²) in [6.45, 7) is 1.32. The number of pyridine rings is 4. The maximum absolute atomic E-state index is 12.2. The molecule has 0 aliphatic carbocycles. The van der Waals surface area contributed by atoms with E-state index in [1.54, 1.807) is 12.4 Å². The molecule has 8 rings (SSSR count). The number of aromatic amines is 2. The minimum atomic E-state index is -0.131. The number of H-pyrrole nitrogens is 2. The van der Waals surface area contributed by atoms with Crippen molar-refractivity contribution in [2.75, 3.05) is 10.6 Å². The molecule has 0 spiro atoms. The van der Waals surface area contributed by atoms with Gasteiger partial charge in [0.15, 0.2) is 0 Å². The van der Waals surface area contributed by atoms with Crippen molar-refractivity contribution >= 4 is 82.5 Å². The zero-order chi connectivity index (χ0) is 33.0. The van der Waals surface area contributed by atoms with Crippen LogP contribution in [0.2, 0.25) is 5.02 Å². The zero-order valence-electron chi connectivity index (χ0n) is 25.4. The first-order valence-electron chi connectivity index (χ1n) is 15.2. The third-order valence-corrected chi connectivity index (χ3v) is 9.21. The van der Waals surface area contributed by atoms with E-state index in [9.17, 15) is 9.59 Å². The Balaban J connectivity index is 0.000000152. The van der Waals surface area contributed by atoms with Gasteiger partial charge in [-0.2, -0.15) is 0 Å². The highest BCUT2D eigenvalue weighted by Crippen LogP contribution is 2.26. The van der Waals surface area contributed by atoms with Crippen molar-refractivity contribution in [1.82, 2.24) is 19.9 Å². The summed E-state index contributed by atoms with van der Waals surface area (Å²) in [6.07, 6.45) is 3.35. The first kappa shape index (κ1) is 31.1. The van der Waals surface area contributed by atoms with E-state index in [0.29, 0.717) is 35.2 Å². The molecule has 4 aromatic heterocycles. The molecule has 48 heavy (non-hydrogen) atoms. The second kappa shape index (κ2) is 13.7. The van der Waals surface area contributed by atoms with Gasteiger partial charge < -0.3 is 20.6 Å². The number of halogens is 2. The van der Waals surface area contributed by atoms with E-state index >= 15 is 0 Å². The molecule has 0 unspecified atom stereocenters. The molecule has 4 N–H and O–H groups in total. The van der Waals surface area contributed by atoms with Crippen LogP contribution >= 0.6 is 27.5 Å². The van der Waals surface area contributed by atoms with Gasteiger partial charge in [0.2, 0.25) is 0 Å². The van der Waals surface area contributed by atoms with Crippen molar-refractivity contribution in [2.45, 2.75) is 13.1 Å². The van der Waals surface area contributed by atoms with Crippen LogP contribution in [0.25, 0.3) is 43.6 Å². The summed E-state index contributed by atoms with van der Waals surface area (Å²) < 4.78 is 1.07. The van der Waals surface area contributed by atoms with E-state index < -0.39 is 0 Å². The van der Waals surface area contributed by atoms with Crippen LogP contribution in [-0.4, -0.2) is 19.9 Å². The SMILES string of the molecule is O=c1[nH]c2ncccc2c2cc(NCc3ccccc3Br)ccc12.O=c1[nH]c2ncccc2c2cc(NCc3ccccc3Cl)ccc12. The van der Waals surface area contributed by atoms with E-state index in [-0.39, 0.29) is 11.1 Å². The van der Waals surface area contributed by atoms with Crippen molar-refractivity contribution in [1.29, 1.82) is 0 Å². The summed E-state index contributed by atoms with van der Waals surface area (Å²) in [5, 5.41) is 12.5. The van der Waals surface area contributed by atoms with E-state index in [4.69, 9.17) is 11.6 Å². The lowest BCUT2D eigenvalue weighted by molar-refractivity contribution is 1.14. The van der Waals surface area contributed by atoms with Gasteiger partial charge >= 0.3 is 0 Å². The number of nitrogens with one attached hydrogen (secondary N) is 4. The Bertz CT molecular complexity index is 2390. The molecule has 8 aromatic rings. The molecule has 0 saturated carbocycles. The van der Waals surface area contributed by atoms with Gasteiger partial charge in [-0.15, -0.1) is 0 Å². The normalized spacial score (nSPS) is 11.0. The highest BCUT2D eigenvalue weighted by Gasteiger charge is 2.09. The number of hydrogen-bond acceptors (Lipinski definition) is 6. The molecular weight excluding hydrogens is 688 g/mol. The second-order valence-corrected chi connectivity index (χ2v) is 12.4. The molecule has 0 aliphatic heterocycles. The van der Waals surface area contributed by atoms with Gasteiger partial charge in [-0.25, -0.2) is 9.97 Å². The summed E-state index contributed by atoms with van der Waals surface area (Å²) in [5.74, 6) is 0. The third-order valence-electron chi connectivity index (χ3n) is 8.07. The smallest absolute Gasteiger partial charge is 0.257 e. The predicted octanol–water partition coefficient (Wildman–Crippen LogP) is 8.79. The molecule has 0 amide bonds. The first-order chi connectivity index (χ1) is 23.4.